The van der Waals surface area contributed by atoms with Crippen LogP contribution in [0.1, 0.15) is 36.8 Å². The van der Waals surface area contributed by atoms with E-state index in [4.69, 9.17) is 20.4 Å². The molecule has 0 saturated heterocycles. The van der Waals surface area contributed by atoms with Gasteiger partial charge >= 0.3 is 0 Å². The molecule has 0 radical (unpaired) electrons. The molecular formula is C15H22N2O3. The Morgan fingerprint density at radius 1 is 1.40 bits per heavy atom. The van der Waals surface area contributed by atoms with Gasteiger partial charge in [-0.2, -0.15) is 0 Å². The summed E-state index contributed by atoms with van der Waals surface area (Å²) in [5.74, 6) is 0.115. The van der Waals surface area contributed by atoms with Gasteiger partial charge in [0.2, 0.25) is 0 Å². The van der Waals surface area contributed by atoms with Crippen LogP contribution in [-0.2, 0) is 16.1 Å². The summed E-state index contributed by atoms with van der Waals surface area (Å²) in [6.07, 6.45) is 4.87. The lowest BCUT2D eigenvalue weighted by molar-refractivity contribution is -0.0363. The second kappa shape index (κ2) is 7.26. The minimum Gasteiger partial charge on any atom is -0.409 e. The van der Waals surface area contributed by atoms with Gasteiger partial charge < -0.3 is 20.4 Å². The van der Waals surface area contributed by atoms with Gasteiger partial charge in [-0.1, -0.05) is 23.4 Å². The van der Waals surface area contributed by atoms with Gasteiger partial charge in [0, 0.05) is 12.7 Å². The topological polar surface area (TPSA) is 77.1 Å². The van der Waals surface area contributed by atoms with Crippen molar-refractivity contribution in [2.24, 2.45) is 10.9 Å². The zero-order valence-corrected chi connectivity index (χ0v) is 11.8. The van der Waals surface area contributed by atoms with Gasteiger partial charge in [-0.05, 0) is 37.3 Å². The SMILES string of the molecule is COC1CCCC(OCc2cccc(C(N)=NO)c2)C1. The molecule has 5 nitrogen and oxygen atoms in total. The zero-order chi connectivity index (χ0) is 14.4. The summed E-state index contributed by atoms with van der Waals surface area (Å²) in [4.78, 5) is 0. The highest BCUT2D eigenvalue weighted by Crippen LogP contribution is 2.24. The van der Waals surface area contributed by atoms with Crippen LogP contribution in [0.4, 0.5) is 0 Å². The highest BCUT2D eigenvalue weighted by atomic mass is 16.5. The van der Waals surface area contributed by atoms with E-state index in [0.29, 0.717) is 18.3 Å². The second-order valence-corrected chi connectivity index (χ2v) is 5.14. The van der Waals surface area contributed by atoms with Crippen molar-refractivity contribution in [2.45, 2.75) is 44.5 Å². The predicted octanol–water partition coefficient (Wildman–Crippen LogP) is 2.26. The lowest BCUT2D eigenvalue weighted by Gasteiger charge is -2.28. The van der Waals surface area contributed by atoms with Crippen molar-refractivity contribution in [1.82, 2.24) is 0 Å². The maximum absolute atomic E-state index is 8.69. The molecule has 1 aromatic carbocycles. The van der Waals surface area contributed by atoms with Crippen molar-refractivity contribution in [3.05, 3.63) is 35.4 Å². The predicted molar refractivity (Wildman–Crippen MR) is 76.8 cm³/mol. The monoisotopic (exact) mass is 278 g/mol. The molecule has 0 heterocycles. The lowest BCUT2D eigenvalue weighted by Crippen LogP contribution is -2.27. The van der Waals surface area contributed by atoms with Crippen LogP contribution in [0, 0.1) is 0 Å². The number of amidine groups is 1. The number of ether oxygens (including phenoxy) is 2. The Morgan fingerprint density at radius 3 is 2.95 bits per heavy atom. The largest absolute Gasteiger partial charge is 0.409 e. The van der Waals surface area contributed by atoms with Crippen LogP contribution >= 0.6 is 0 Å². The average molecular weight is 278 g/mol. The van der Waals surface area contributed by atoms with Crippen LogP contribution in [-0.4, -0.2) is 30.4 Å². The number of nitrogens with two attached hydrogens (primary N) is 1. The Morgan fingerprint density at radius 2 is 2.20 bits per heavy atom. The van der Waals surface area contributed by atoms with Crippen molar-refractivity contribution in [3.8, 4) is 0 Å². The zero-order valence-electron chi connectivity index (χ0n) is 11.8. The van der Waals surface area contributed by atoms with Crippen molar-refractivity contribution in [1.29, 1.82) is 0 Å². The molecule has 0 amide bonds. The third-order valence-corrected chi connectivity index (χ3v) is 3.73. The van der Waals surface area contributed by atoms with Gasteiger partial charge in [0.05, 0.1) is 18.8 Å². The normalized spacial score (nSPS) is 23.8. The minimum absolute atomic E-state index is 0.115. The third kappa shape index (κ3) is 3.95. The van der Waals surface area contributed by atoms with Crippen molar-refractivity contribution in [2.75, 3.05) is 7.11 Å². The molecule has 20 heavy (non-hydrogen) atoms. The van der Waals surface area contributed by atoms with E-state index in [0.717, 1.165) is 31.2 Å². The molecule has 110 valence electrons. The highest BCUT2D eigenvalue weighted by molar-refractivity contribution is 5.97. The van der Waals surface area contributed by atoms with Gasteiger partial charge in [-0.25, -0.2) is 0 Å². The van der Waals surface area contributed by atoms with Crippen LogP contribution in [0.15, 0.2) is 29.4 Å². The van der Waals surface area contributed by atoms with Gasteiger partial charge in [0.15, 0.2) is 5.84 Å². The van der Waals surface area contributed by atoms with Gasteiger partial charge in [0.1, 0.15) is 0 Å². The summed E-state index contributed by atoms with van der Waals surface area (Å²) in [6, 6.07) is 7.54. The van der Waals surface area contributed by atoms with E-state index in [9.17, 15) is 0 Å². The standard InChI is InChI=1S/C15H22N2O3/c1-19-13-6-3-7-14(9-13)20-10-11-4-2-5-12(8-11)15(16)17-18/h2,4-5,8,13-14,18H,3,6-7,9-10H2,1H3,(H2,16,17). The molecule has 0 aliphatic heterocycles. The number of nitrogens with zero attached hydrogens (tertiary/aromatic N) is 1. The average Bonchev–Trinajstić information content (AvgIpc) is 2.52. The maximum Gasteiger partial charge on any atom is 0.170 e. The Bertz CT molecular complexity index is 462. The first-order valence-corrected chi connectivity index (χ1v) is 6.94. The summed E-state index contributed by atoms with van der Waals surface area (Å²) in [5, 5.41) is 11.7. The highest BCUT2D eigenvalue weighted by Gasteiger charge is 2.22. The molecule has 2 rings (SSSR count). The van der Waals surface area contributed by atoms with Gasteiger partial charge in [0.25, 0.3) is 0 Å². The number of hydrogen-bond acceptors (Lipinski definition) is 4. The fourth-order valence-electron chi connectivity index (χ4n) is 2.56. The second-order valence-electron chi connectivity index (χ2n) is 5.14. The molecule has 1 saturated carbocycles. The number of methoxy groups -OCH3 is 1. The van der Waals surface area contributed by atoms with E-state index in [1.165, 1.54) is 0 Å². The fraction of sp³-hybridized carbons (Fsp3) is 0.533. The molecule has 0 bridgehead atoms. The van der Waals surface area contributed by atoms with E-state index in [2.05, 4.69) is 5.16 Å². The van der Waals surface area contributed by atoms with E-state index in [-0.39, 0.29) is 11.9 Å². The summed E-state index contributed by atoms with van der Waals surface area (Å²) in [6.45, 7) is 0.535. The fourth-order valence-corrected chi connectivity index (χ4v) is 2.56. The maximum atomic E-state index is 8.69. The molecule has 1 fully saturated rings. The molecule has 1 aromatic rings. The molecule has 0 aromatic heterocycles. The Hall–Kier alpha value is -1.59. The molecular weight excluding hydrogens is 256 g/mol. The molecule has 3 N–H and O–H groups in total. The Labute approximate surface area is 119 Å². The first kappa shape index (κ1) is 14.8. The van der Waals surface area contributed by atoms with E-state index in [1.54, 1.807) is 13.2 Å². The van der Waals surface area contributed by atoms with E-state index < -0.39 is 0 Å². The van der Waals surface area contributed by atoms with Crippen molar-refractivity contribution < 1.29 is 14.7 Å². The molecule has 5 heteroatoms. The third-order valence-electron chi connectivity index (χ3n) is 3.73. The molecule has 0 spiro atoms. The Kier molecular flexibility index (Phi) is 5.38. The first-order chi connectivity index (χ1) is 9.72. The van der Waals surface area contributed by atoms with Crippen LogP contribution in [0.2, 0.25) is 0 Å². The smallest absolute Gasteiger partial charge is 0.170 e. The first-order valence-electron chi connectivity index (χ1n) is 6.94. The van der Waals surface area contributed by atoms with Crippen molar-refractivity contribution in [3.63, 3.8) is 0 Å². The number of oxime groups is 1. The molecule has 2 unspecified atom stereocenters. The van der Waals surface area contributed by atoms with Crippen LogP contribution in [0.3, 0.4) is 0 Å². The summed E-state index contributed by atoms with van der Waals surface area (Å²) < 4.78 is 11.3. The van der Waals surface area contributed by atoms with Crippen molar-refractivity contribution >= 4 is 5.84 Å². The van der Waals surface area contributed by atoms with E-state index >= 15 is 0 Å². The number of hydrogen-bond donors (Lipinski definition) is 2. The molecule has 1 aliphatic carbocycles. The lowest BCUT2D eigenvalue weighted by atomic mass is 9.95. The number of rotatable bonds is 5. The molecule has 1 aliphatic rings. The summed E-state index contributed by atoms with van der Waals surface area (Å²) in [7, 11) is 1.76. The van der Waals surface area contributed by atoms with Crippen LogP contribution in [0.5, 0.6) is 0 Å². The van der Waals surface area contributed by atoms with Crippen LogP contribution < -0.4 is 5.73 Å². The van der Waals surface area contributed by atoms with E-state index in [1.807, 2.05) is 18.2 Å². The summed E-state index contributed by atoms with van der Waals surface area (Å²) >= 11 is 0. The minimum atomic E-state index is 0.115. The van der Waals surface area contributed by atoms with Gasteiger partial charge in [-0.3, -0.25) is 0 Å². The summed E-state index contributed by atoms with van der Waals surface area (Å²) in [5.41, 5.74) is 7.30. The molecule has 2 atom stereocenters. The van der Waals surface area contributed by atoms with Crippen LogP contribution in [0.25, 0.3) is 0 Å². The Balaban J connectivity index is 1.90. The van der Waals surface area contributed by atoms with Gasteiger partial charge in [-0.15, -0.1) is 0 Å². The quantitative estimate of drug-likeness (QED) is 0.375. The number of benzene rings is 1.